The lowest BCUT2D eigenvalue weighted by Crippen LogP contribution is -2.17. The third kappa shape index (κ3) is 109. The van der Waals surface area contributed by atoms with Crippen LogP contribution in [0.3, 0.4) is 0 Å². The molecule has 0 bridgehead atoms. The molecule has 0 aromatic heterocycles. The maximum absolute atomic E-state index is 9.14. The van der Waals surface area contributed by atoms with Gasteiger partial charge in [0.2, 0.25) is 0 Å². The molecule has 0 aromatic rings. The first-order valence-corrected chi connectivity index (χ1v) is 3.32. The van der Waals surface area contributed by atoms with Crippen LogP contribution in [0.2, 0.25) is 0 Å². The van der Waals surface area contributed by atoms with Crippen LogP contribution in [-0.4, -0.2) is 17.9 Å². The van der Waals surface area contributed by atoms with Crippen LogP contribution >= 0.6 is 0 Å². The molecule has 0 aliphatic heterocycles. The quantitative estimate of drug-likeness (QED) is 0.452. The van der Waals surface area contributed by atoms with Gasteiger partial charge in [-0.3, -0.25) is 0 Å². The van der Waals surface area contributed by atoms with E-state index in [2.05, 4.69) is 19.7 Å². The Balaban J connectivity index is -0.0000000655. The maximum atomic E-state index is 9.14. The van der Waals surface area contributed by atoms with Crippen LogP contribution < -0.4 is 21.5 Å². The van der Waals surface area contributed by atoms with Crippen molar-refractivity contribution in [3.05, 3.63) is 38.0 Å². The van der Waals surface area contributed by atoms with E-state index in [-0.39, 0.29) is 6.15 Å². The molecule has 0 spiro atoms. The highest BCUT2D eigenvalue weighted by Crippen LogP contribution is 1.48. The molecule has 0 aliphatic carbocycles. The van der Waals surface area contributed by atoms with Gasteiger partial charge in [-0.25, -0.2) is 0 Å². The molecule has 7 heteroatoms. The molecule has 0 heterocycles. The van der Waals surface area contributed by atoms with Crippen molar-refractivity contribution in [2.24, 2.45) is 0 Å². The van der Waals surface area contributed by atoms with E-state index >= 15 is 0 Å². The van der Waals surface area contributed by atoms with Crippen LogP contribution in [0, 0.1) is 0 Å². The fourth-order valence-corrected chi connectivity index (χ4v) is 0. The molecule has 0 saturated heterocycles. The van der Waals surface area contributed by atoms with Crippen LogP contribution in [0.4, 0.5) is 0 Å². The first-order chi connectivity index (χ1) is 6.81. The van der Waals surface area contributed by atoms with E-state index in [1.165, 1.54) is 0 Å². The Morgan fingerprint density at radius 3 is 0.750 bits per heavy atom. The predicted molar refractivity (Wildman–Crippen MR) is 47.7 cm³/mol. The van der Waals surface area contributed by atoms with Gasteiger partial charge in [-0.15, -0.1) is 0 Å². The van der Waals surface area contributed by atoms with Gasteiger partial charge >= 0.3 is 6.15 Å². The van der Waals surface area contributed by atoms with E-state index in [1.54, 1.807) is 0 Å². The lowest BCUT2D eigenvalue weighted by molar-refractivity contribution is -0.298. The van der Waals surface area contributed by atoms with E-state index in [4.69, 9.17) is 29.7 Å². The third-order valence-electron chi connectivity index (χ3n) is 0.500. The van der Waals surface area contributed by atoms with Crippen molar-refractivity contribution in [2.75, 3.05) is 0 Å². The Morgan fingerprint density at radius 1 is 0.688 bits per heavy atom. The molecule has 0 N–H and O–H groups in total. The number of carboxylic acids is 3. The lowest BCUT2D eigenvalue weighted by Gasteiger charge is -1.81. The summed E-state index contributed by atoms with van der Waals surface area (Å²) in [6, 6.07) is 0. The molecule has 0 saturated carbocycles. The van der Waals surface area contributed by atoms with E-state index in [1.807, 2.05) is 0 Å². The number of nitrogens with zero attached hydrogens (tertiary/aromatic N) is 1. The van der Waals surface area contributed by atoms with Crippen LogP contribution in [0.25, 0.3) is 0 Å². The molecule has 2 radical (unpaired) electrons. The smallest absolute Gasteiger partial charge is 0.545 e. The average Bonchev–Trinajstić information content (AvgIpc) is 2.19. The minimum atomic E-state index is -1.23. The summed E-state index contributed by atoms with van der Waals surface area (Å²) >= 11 is 0. The zero-order chi connectivity index (χ0) is 12.9. The summed E-state index contributed by atoms with van der Waals surface area (Å²) in [5.74, 6) is -3.69. The molecule has 0 fully saturated rings. The molecule has 0 aromatic carbocycles. The molecule has 0 amide bonds. The minimum absolute atomic E-state index is 0. The number of carboxylic acid groups (broad SMARTS) is 3. The van der Waals surface area contributed by atoms with E-state index in [0.717, 1.165) is 18.2 Å². The monoisotopic (exact) mass is 227 g/mol. The van der Waals surface area contributed by atoms with Crippen molar-refractivity contribution in [3.63, 3.8) is 0 Å². The van der Waals surface area contributed by atoms with E-state index in [0.29, 0.717) is 0 Å². The first-order valence-electron chi connectivity index (χ1n) is 3.32. The van der Waals surface area contributed by atoms with E-state index in [9.17, 15) is 0 Å². The Kier molecular flexibility index (Phi) is 26.5. The minimum Gasteiger partial charge on any atom is -0.545 e. The van der Waals surface area contributed by atoms with Gasteiger partial charge in [-0.05, 0) is 18.2 Å². The van der Waals surface area contributed by atoms with Crippen LogP contribution in [-0.2, 0) is 14.4 Å². The highest BCUT2D eigenvalue weighted by Gasteiger charge is 3.00. The molecule has 0 rings (SSSR count). The van der Waals surface area contributed by atoms with Crippen molar-refractivity contribution >= 4 is 17.9 Å². The van der Waals surface area contributed by atoms with Crippen molar-refractivity contribution in [1.29, 1.82) is 0 Å². The number of rotatable bonds is 3. The number of aliphatic carboxylic acids is 3. The molecule has 7 nitrogen and oxygen atoms in total. The molecular weight excluding hydrogens is 218 g/mol. The molecule has 0 aliphatic rings. The summed E-state index contributed by atoms with van der Waals surface area (Å²) in [5, 5.41) is 27.4. The van der Waals surface area contributed by atoms with Crippen LogP contribution in [0.1, 0.15) is 0 Å². The second-order valence-electron chi connectivity index (χ2n) is 1.57. The van der Waals surface area contributed by atoms with Gasteiger partial charge in [0.1, 0.15) is 0 Å². The van der Waals surface area contributed by atoms with Gasteiger partial charge in [0.15, 0.2) is 0 Å². The SMILES string of the molecule is C=CC(=O)[O-].C=CC(=O)[O-].C=CC(=O)[O-].[N+3]. The van der Waals surface area contributed by atoms with Crippen LogP contribution in [0.15, 0.2) is 38.0 Å². The zero-order valence-electron chi connectivity index (χ0n) is 8.25. The molecular formula is C9H9NO6. The Bertz CT molecular complexity index is 216. The zero-order valence-corrected chi connectivity index (χ0v) is 8.25. The summed E-state index contributed by atoms with van der Waals surface area (Å²) in [4.78, 5) is 27.4. The summed E-state index contributed by atoms with van der Waals surface area (Å²) < 4.78 is 0. The van der Waals surface area contributed by atoms with Gasteiger partial charge < -0.3 is 29.7 Å². The van der Waals surface area contributed by atoms with Gasteiger partial charge in [-0.1, -0.05) is 19.7 Å². The number of hydrogen-bond donors (Lipinski definition) is 0. The Hall–Kier alpha value is -2.66. The number of carbonyl (C=O) groups is 3. The highest BCUT2D eigenvalue weighted by molar-refractivity contribution is 5.77. The normalized spacial score (nSPS) is 6.00. The van der Waals surface area contributed by atoms with Crippen molar-refractivity contribution in [3.8, 4) is 0 Å². The fourth-order valence-electron chi connectivity index (χ4n) is 0. The summed E-state index contributed by atoms with van der Waals surface area (Å²) in [5.41, 5.74) is 0. The average molecular weight is 227 g/mol. The van der Waals surface area contributed by atoms with Crippen molar-refractivity contribution < 1.29 is 29.7 Å². The largest absolute Gasteiger partial charge is 3.00 e. The number of carbonyl (C=O) groups excluding carboxylic acids is 3. The van der Waals surface area contributed by atoms with E-state index < -0.39 is 17.9 Å². The first kappa shape index (κ1) is 23.3. The predicted octanol–water partition coefficient (Wildman–Crippen LogP) is -3.71. The van der Waals surface area contributed by atoms with Crippen LogP contribution in [0.5, 0.6) is 0 Å². The van der Waals surface area contributed by atoms with Gasteiger partial charge in [-0.2, -0.15) is 0 Å². The summed E-state index contributed by atoms with van der Waals surface area (Å²) in [7, 11) is 0. The second-order valence-corrected chi connectivity index (χ2v) is 1.57. The van der Waals surface area contributed by atoms with Gasteiger partial charge in [0.25, 0.3) is 0 Å². The number of hydrogen-bond acceptors (Lipinski definition) is 6. The standard InChI is InChI=1S/3C3H4O2.N/c3*1-2-3(4)5;/h3*2H,1H2,(H,4,5);/q;;;+3/p-3. The second kappa shape index (κ2) is 18.2. The summed E-state index contributed by atoms with van der Waals surface area (Å²) in [6.45, 7) is 8.69. The Morgan fingerprint density at radius 2 is 0.750 bits per heavy atom. The fraction of sp³-hybridized carbons (Fsp3) is 0. The lowest BCUT2D eigenvalue weighted by atomic mass is 10.7. The molecule has 16 heavy (non-hydrogen) atoms. The van der Waals surface area contributed by atoms with Crippen molar-refractivity contribution in [1.82, 2.24) is 6.15 Å². The molecule has 0 atom stereocenters. The van der Waals surface area contributed by atoms with Gasteiger partial charge in [0.05, 0.1) is 17.9 Å². The van der Waals surface area contributed by atoms with Crippen molar-refractivity contribution in [2.45, 2.75) is 0 Å². The maximum Gasteiger partial charge on any atom is 3.00 e. The highest BCUT2D eigenvalue weighted by atomic mass is 16.4. The summed E-state index contributed by atoms with van der Waals surface area (Å²) in [6.07, 6.45) is 2.17. The Labute approximate surface area is 92.6 Å². The van der Waals surface area contributed by atoms with Gasteiger partial charge in [0, 0.05) is 0 Å². The molecule has 86 valence electrons. The molecule has 0 unspecified atom stereocenters. The topological polar surface area (TPSA) is 151 Å². The third-order valence-corrected chi connectivity index (χ3v) is 0.500.